The van der Waals surface area contributed by atoms with Gasteiger partial charge >= 0.3 is 5.97 Å². The monoisotopic (exact) mass is 251 g/mol. The average molecular weight is 251 g/mol. The zero-order valence-electron chi connectivity index (χ0n) is 11.0. The molecule has 1 aromatic carbocycles. The smallest absolute Gasteiger partial charge is 0.310 e. The summed E-state index contributed by atoms with van der Waals surface area (Å²) < 4.78 is 10.3. The molecule has 0 aliphatic carbocycles. The van der Waals surface area contributed by atoms with E-state index in [1.807, 2.05) is 24.3 Å². The maximum absolute atomic E-state index is 11.5. The standard InChI is InChI=1S/C14H21NO3/c1-3-7-18-13-6-4-5-11(9-13)8-12(10-15)14(16)17-2/h4-6,9,12H,3,7-8,10,15H2,1-2H3. The third-order valence-corrected chi connectivity index (χ3v) is 2.67. The van der Waals surface area contributed by atoms with Gasteiger partial charge < -0.3 is 15.2 Å². The molecule has 4 nitrogen and oxygen atoms in total. The van der Waals surface area contributed by atoms with Crippen molar-refractivity contribution >= 4 is 5.97 Å². The van der Waals surface area contributed by atoms with Crippen LogP contribution in [0.5, 0.6) is 5.75 Å². The van der Waals surface area contributed by atoms with Crippen LogP contribution >= 0.6 is 0 Å². The third kappa shape index (κ3) is 4.37. The Balaban J connectivity index is 2.68. The van der Waals surface area contributed by atoms with E-state index in [0.29, 0.717) is 13.0 Å². The molecule has 0 heterocycles. The minimum Gasteiger partial charge on any atom is -0.494 e. The summed E-state index contributed by atoms with van der Waals surface area (Å²) in [6.07, 6.45) is 1.55. The van der Waals surface area contributed by atoms with Crippen molar-refractivity contribution in [2.75, 3.05) is 20.3 Å². The Morgan fingerprint density at radius 3 is 2.83 bits per heavy atom. The van der Waals surface area contributed by atoms with E-state index in [0.717, 1.165) is 17.7 Å². The number of hydrogen-bond acceptors (Lipinski definition) is 4. The first-order valence-corrected chi connectivity index (χ1v) is 6.20. The van der Waals surface area contributed by atoms with Gasteiger partial charge in [-0.05, 0) is 30.5 Å². The van der Waals surface area contributed by atoms with Crippen LogP contribution in [0.25, 0.3) is 0 Å². The first kappa shape index (κ1) is 14.5. The van der Waals surface area contributed by atoms with E-state index in [1.54, 1.807) is 0 Å². The van der Waals surface area contributed by atoms with Crippen molar-refractivity contribution in [3.63, 3.8) is 0 Å². The highest BCUT2D eigenvalue weighted by atomic mass is 16.5. The van der Waals surface area contributed by atoms with Crippen LogP contribution in [0.3, 0.4) is 0 Å². The van der Waals surface area contributed by atoms with Gasteiger partial charge in [0.05, 0.1) is 19.6 Å². The lowest BCUT2D eigenvalue weighted by molar-refractivity contribution is -0.145. The summed E-state index contributed by atoms with van der Waals surface area (Å²) in [6.45, 7) is 3.04. The largest absolute Gasteiger partial charge is 0.494 e. The van der Waals surface area contributed by atoms with Crippen LogP contribution in [0.2, 0.25) is 0 Å². The Morgan fingerprint density at radius 1 is 1.44 bits per heavy atom. The zero-order chi connectivity index (χ0) is 13.4. The number of nitrogens with two attached hydrogens (primary N) is 1. The van der Waals surface area contributed by atoms with Gasteiger partial charge in [-0.1, -0.05) is 19.1 Å². The van der Waals surface area contributed by atoms with E-state index < -0.39 is 0 Å². The van der Waals surface area contributed by atoms with Gasteiger partial charge in [0, 0.05) is 6.54 Å². The molecule has 0 amide bonds. The summed E-state index contributed by atoms with van der Waals surface area (Å²) in [5, 5.41) is 0. The summed E-state index contributed by atoms with van der Waals surface area (Å²) in [5.41, 5.74) is 6.62. The first-order chi connectivity index (χ1) is 8.71. The predicted octanol–water partition coefficient (Wildman–Crippen LogP) is 1.77. The Hall–Kier alpha value is -1.55. The minimum atomic E-state index is -0.295. The summed E-state index contributed by atoms with van der Waals surface area (Å²) in [6, 6.07) is 7.74. The Labute approximate surface area is 108 Å². The third-order valence-electron chi connectivity index (χ3n) is 2.67. The quantitative estimate of drug-likeness (QED) is 0.750. The van der Waals surface area contributed by atoms with Crippen LogP contribution in [-0.2, 0) is 16.0 Å². The SMILES string of the molecule is CCCOc1cccc(CC(CN)C(=O)OC)c1. The highest BCUT2D eigenvalue weighted by Crippen LogP contribution is 2.17. The van der Waals surface area contributed by atoms with E-state index in [-0.39, 0.29) is 18.4 Å². The van der Waals surface area contributed by atoms with Gasteiger partial charge in [-0.15, -0.1) is 0 Å². The summed E-state index contributed by atoms with van der Waals surface area (Å²) >= 11 is 0. The zero-order valence-corrected chi connectivity index (χ0v) is 11.0. The van der Waals surface area contributed by atoms with E-state index in [1.165, 1.54) is 7.11 Å². The number of carbonyl (C=O) groups is 1. The summed E-state index contributed by atoms with van der Waals surface area (Å²) in [7, 11) is 1.38. The summed E-state index contributed by atoms with van der Waals surface area (Å²) in [5.74, 6) is 0.267. The minimum absolute atomic E-state index is 0.266. The highest BCUT2D eigenvalue weighted by molar-refractivity contribution is 5.72. The van der Waals surface area contributed by atoms with Crippen LogP contribution in [0.15, 0.2) is 24.3 Å². The number of methoxy groups -OCH3 is 1. The van der Waals surface area contributed by atoms with E-state index in [4.69, 9.17) is 15.2 Å². The highest BCUT2D eigenvalue weighted by Gasteiger charge is 2.17. The van der Waals surface area contributed by atoms with Gasteiger partial charge in [0.2, 0.25) is 0 Å². The molecule has 0 aliphatic rings. The van der Waals surface area contributed by atoms with Crippen molar-refractivity contribution in [1.82, 2.24) is 0 Å². The van der Waals surface area contributed by atoms with Crippen LogP contribution < -0.4 is 10.5 Å². The second kappa shape index (κ2) is 7.71. The molecule has 0 saturated carbocycles. The fourth-order valence-electron chi connectivity index (χ4n) is 1.70. The lowest BCUT2D eigenvalue weighted by atomic mass is 9.99. The van der Waals surface area contributed by atoms with Crippen molar-refractivity contribution in [3.8, 4) is 5.75 Å². The van der Waals surface area contributed by atoms with Gasteiger partial charge in [0.25, 0.3) is 0 Å². The van der Waals surface area contributed by atoms with Gasteiger partial charge in [-0.3, -0.25) is 4.79 Å². The number of carbonyl (C=O) groups excluding carboxylic acids is 1. The van der Waals surface area contributed by atoms with Crippen molar-refractivity contribution in [1.29, 1.82) is 0 Å². The lowest BCUT2D eigenvalue weighted by Crippen LogP contribution is -2.26. The van der Waals surface area contributed by atoms with Crippen LogP contribution in [0, 0.1) is 5.92 Å². The number of benzene rings is 1. The molecule has 18 heavy (non-hydrogen) atoms. The van der Waals surface area contributed by atoms with Crippen molar-refractivity contribution in [3.05, 3.63) is 29.8 Å². The molecular formula is C14H21NO3. The molecule has 0 radical (unpaired) electrons. The number of ether oxygens (including phenoxy) is 2. The number of hydrogen-bond donors (Lipinski definition) is 1. The molecular weight excluding hydrogens is 230 g/mol. The molecule has 1 rings (SSSR count). The van der Waals surface area contributed by atoms with Crippen molar-refractivity contribution < 1.29 is 14.3 Å². The summed E-state index contributed by atoms with van der Waals surface area (Å²) in [4.78, 5) is 11.5. The molecule has 1 aromatic rings. The molecule has 0 bridgehead atoms. The van der Waals surface area contributed by atoms with Crippen LogP contribution in [-0.4, -0.2) is 26.2 Å². The Morgan fingerprint density at radius 2 is 2.22 bits per heavy atom. The fraction of sp³-hybridized carbons (Fsp3) is 0.500. The van der Waals surface area contributed by atoms with Gasteiger partial charge in [-0.2, -0.15) is 0 Å². The molecule has 4 heteroatoms. The van der Waals surface area contributed by atoms with Crippen molar-refractivity contribution in [2.24, 2.45) is 11.7 Å². The van der Waals surface area contributed by atoms with Gasteiger partial charge in [-0.25, -0.2) is 0 Å². The molecule has 1 unspecified atom stereocenters. The molecule has 0 spiro atoms. The fourth-order valence-corrected chi connectivity index (χ4v) is 1.70. The first-order valence-electron chi connectivity index (χ1n) is 6.20. The molecule has 100 valence electrons. The molecule has 0 fully saturated rings. The van der Waals surface area contributed by atoms with E-state index in [9.17, 15) is 4.79 Å². The lowest BCUT2D eigenvalue weighted by Gasteiger charge is -2.13. The van der Waals surface area contributed by atoms with E-state index >= 15 is 0 Å². The maximum Gasteiger partial charge on any atom is 0.310 e. The molecule has 0 aliphatic heterocycles. The maximum atomic E-state index is 11.5. The second-order valence-electron chi connectivity index (χ2n) is 4.16. The van der Waals surface area contributed by atoms with Gasteiger partial charge in [0.1, 0.15) is 5.75 Å². The second-order valence-corrected chi connectivity index (χ2v) is 4.16. The molecule has 1 atom stereocenters. The molecule has 0 saturated heterocycles. The average Bonchev–Trinajstić information content (AvgIpc) is 2.42. The Kier molecular flexibility index (Phi) is 6.22. The van der Waals surface area contributed by atoms with Gasteiger partial charge in [0.15, 0.2) is 0 Å². The topological polar surface area (TPSA) is 61.5 Å². The van der Waals surface area contributed by atoms with E-state index in [2.05, 4.69) is 6.92 Å². The molecule has 0 aromatic heterocycles. The van der Waals surface area contributed by atoms with Crippen LogP contribution in [0.4, 0.5) is 0 Å². The number of esters is 1. The van der Waals surface area contributed by atoms with Crippen LogP contribution in [0.1, 0.15) is 18.9 Å². The normalized spacial score (nSPS) is 11.9. The Bertz CT molecular complexity index is 379. The number of rotatable bonds is 7. The predicted molar refractivity (Wildman–Crippen MR) is 70.5 cm³/mol. The molecule has 2 N–H and O–H groups in total. The van der Waals surface area contributed by atoms with Crippen molar-refractivity contribution in [2.45, 2.75) is 19.8 Å².